The average molecular weight is 589 g/mol. The van der Waals surface area contributed by atoms with Crippen molar-refractivity contribution in [3.05, 3.63) is 102 Å². The number of allylic oxidation sites excluding steroid dienone is 1. The molecule has 0 saturated heterocycles. The van der Waals surface area contributed by atoms with Crippen LogP contribution in [0.5, 0.6) is 0 Å². The van der Waals surface area contributed by atoms with Crippen molar-refractivity contribution in [1.29, 1.82) is 0 Å². The molecule has 0 aliphatic heterocycles. The first-order chi connectivity index (χ1) is 20.9. The number of carbonyl (C=O) groups is 2. The number of aldehydes is 1. The first kappa shape index (κ1) is 28.7. The molecule has 3 aromatic rings. The van der Waals surface area contributed by atoms with Gasteiger partial charge in [0.25, 0.3) is 8.32 Å². The highest BCUT2D eigenvalue weighted by molar-refractivity contribution is 7.07. The molecular formula is C39H44O3Si. The predicted molar refractivity (Wildman–Crippen MR) is 175 cm³/mol. The van der Waals surface area contributed by atoms with Crippen molar-refractivity contribution in [3.8, 4) is 0 Å². The zero-order chi connectivity index (χ0) is 29.8. The smallest absolute Gasteiger partial charge is 0.288 e. The summed E-state index contributed by atoms with van der Waals surface area (Å²) in [6, 6.07) is 32.5. The van der Waals surface area contributed by atoms with E-state index in [0.717, 1.165) is 44.9 Å². The summed E-state index contributed by atoms with van der Waals surface area (Å²) in [6.45, 7) is 6.79. The monoisotopic (exact) mass is 588 g/mol. The summed E-state index contributed by atoms with van der Waals surface area (Å²) in [7, 11) is -2.90. The van der Waals surface area contributed by atoms with E-state index >= 15 is 0 Å². The van der Waals surface area contributed by atoms with Crippen LogP contribution in [0.3, 0.4) is 0 Å². The van der Waals surface area contributed by atoms with E-state index in [0.29, 0.717) is 23.5 Å². The van der Waals surface area contributed by atoms with Crippen molar-refractivity contribution >= 4 is 35.9 Å². The van der Waals surface area contributed by atoms with Gasteiger partial charge < -0.3 is 9.22 Å². The van der Waals surface area contributed by atoms with E-state index in [1.165, 1.54) is 33.0 Å². The number of hydrogen-bond donors (Lipinski definition) is 0. The molecule has 0 heterocycles. The zero-order valence-corrected chi connectivity index (χ0v) is 26.8. The first-order valence-corrected chi connectivity index (χ1v) is 18.3. The van der Waals surface area contributed by atoms with E-state index in [9.17, 15) is 9.59 Å². The molecule has 4 heteroatoms. The molecule has 4 aliphatic carbocycles. The molecule has 7 atom stereocenters. The number of ketones is 1. The highest BCUT2D eigenvalue weighted by Crippen LogP contribution is 2.66. The molecule has 222 valence electrons. The maximum Gasteiger partial charge on any atom is 0.288 e. The minimum absolute atomic E-state index is 0.0659. The second kappa shape index (κ2) is 10.8. The molecule has 2 unspecified atom stereocenters. The third kappa shape index (κ3) is 4.16. The van der Waals surface area contributed by atoms with E-state index in [4.69, 9.17) is 4.43 Å². The fraction of sp³-hybridized carbons (Fsp3) is 0.436. The quantitative estimate of drug-likeness (QED) is 0.145. The van der Waals surface area contributed by atoms with Crippen molar-refractivity contribution in [2.75, 3.05) is 0 Å². The molecule has 3 nitrogen and oxygen atoms in total. The molecule has 0 aromatic heterocycles. The molecule has 7 rings (SSSR count). The second-order valence-corrected chi connectivity index (χ2v) is 17.4. The Morgan fingerprint density at radius 2 is 1.35 bits per heavy atom. The Balaban J connectivity index is 1.34. The molecule has 0 amide bonds. The fourth-order valence-corrected chi connectivity index (χ4v) is 14.3. The number of Topliss-reactive ketones (excluding diaryl/α,β-unsaturated/α-hetero) is 1. The van der Waals surface area contributed by atoms with Gasteiger partial charge in [0.2, 0.25) is 0 Å². The van der Waals surface area contributed by atoms with Gasteiger partial charge in [-0.15, -0.1) is 0 Å². The van der Waals surface area contributed by atoms with E-state index in [1.54, 1.807) is 0 Å². The number of carbonyl (C=O) groups excluding carboxylic acids is 2. The lowest BCUT2D eigenvalue weighted by Gasteiger charge is -2.59. The highest BCUT2D eigenvalue weighted by atomic mass is 28.4. The lowest BCUT2D eigenvalue weighted by atomic mass is 9.44. The van der Waals surface area contributed by atoms with Gasteiger partial charge in [0.05, 0.1) is 11.5 Å². The van der Waals surface area contributed by atoms with Crippen LogP contribution < -0.4 is 15.6 Å². The summed E-state index contributed by atoms with van der Waals surface area (Å²) >= 11 is 0. The number of hydrogen-bond acceptors (Lipinski definition) is 3. The molecule has 0 N–H and O–H groups in total. The van der Waals surface area contributed by atoms with E-state index in [-0.39, 0.29) is 17.4 Å². The van der Waals surface area contributed by atoms with Gasteiger partial charge in [0.15, 0.2) is 0 Å². The van der Waals surface area contributed by atoms with Crippen LogP contribution in [-0.4, -0.2) is 26.5 Å². The van der Waals surface area contributed by atoms with Crippen LogP contribution in [0.15, 0.2) is 102 Å². The van der Waals surface area contributed by atoms with Gasteiger partial charge in [-0.3, -0.25) is 4.79 Å². The van der Waals surface area contributed by atoms with Crippen LogP contribution in [-0.2, 0) is 14.0 Å². The van der Waals surface area contributed by atoms with Crippen molar-refractivity contribution in [2.45, 2.75) is 71.8 Å². The molecular weight excluding hydrogens is 545 g/mol. The summed E-state index contributed by atoms with van der Waals surface area (Å²) in [4.78, 5) is 26.5. The van der Waals surface area contributed by atoms with Gasteiger partial charge >= 0.3 is 0 Å². The van der Waals surface area contributed by atoms with Crippen molar-refractivity contribution in [1.82, 2.24) is 0 Å². The van der Waals surface area contributed by atoms with E-state index in [1.807, 2.05) is 0 Å². The molecule has 3 fully saturated rings. The largest absolute Gasteiger partial charge is 0.397 e. The maximum atomic E-state index is 13.5. The summed E-state index contributed by atoms with van der Waals surface area (Å²) in [5, 5.41) is 3.73. The molecule has 0 spiro atoms. The topological polar surface area (TPSA) is 43.4 Å². The van der Waals surface area contributed by atoms with Crippen molar-refractivity contribution in [2.24, 2.45) is 34.5 Å². The van der Waals surface area contributed by atoms with Gasteiger partial charge in [-0.05, 0) is 90.3 Å². The highest BCUT2D eigenvalue weighted by Gasteiger charge is 2.63. The molecule has 3 aromatic carbocycles. The summed E-state index contributed by atoms with van der Waals surface area (Å²) in [6.07, 6.45) is 7.76. The van der Waals surface area contributed by atoms with Gasteiger partial charge in [-0.25, -0.2) is 0 Å². The third-order valence-corrected chi connectivity index (χ3v) is 16.5. The molecule has 0 radical (unpaired) electrons. The Kier molecular flexibility index (Phi) is 7.21. The van der Waals surface area contributed by atoms with Gasteiger partial charge in [-0.2, -0.15) is 0 Å². The van der Waals surface area contributed by atoms with Gasteiger partial charge in [0.1, 0.15) is 12.1 Å². The molecule has 4 aliphatic rings. The van der Waals surface area contributed by atoms with Gasteiger partial charge in [0, 0.05) is 11.8 Å². The SMILES string of the molecule is CC1=C2CC[C@@H]3[C@@H](CC[C@]4(C)C(=O)CC[C@@H]34)[C@@]2(C=O)C(C)CC1O[Si](c1ccccc1)(c1ccccc1)c1ccccc1. The van der Waals surface area contributed by atoms with Crippen LogP contribution in [0.2, 0.25) is 0 Å². The Hall–Kier alpha value is -3.08. The molecule has 3 saturated carbocycles. The number of rotatable bonds is 6. The minimum Gasteiger partial charge on any atom is -0.397 e. The number of benzene rings is 3. The Morgan fingerprint density at radius 1 is 0.791 bits per heavy atom. The summed E-state index contributed by atoms with van der Waals surface area (Å²) in [5.74, 6) is 1.84. The lowest BCUT2D eigenvalue weighted by Crippen LogP contribution is -2.71. The Morgan fingerprint density at radius 3 is 1.88 bits per heavy atom. The standard InChI is InChI=1S/C39H44O3Si/c1-27-25-36(28(2)33-20-19-32-34-21-22-37(41)38(34,3)24-23-35(32)39(27,33)26-40)42-43(29-13-7-4-8-14-29,30-15-9-5-10-16-30)31-17-11-6-12-18-31/h4-18,26-27,32,34-36H,19-25H2,1-3H3/t27?,32-,34-,35+,36?,38-,39-/m0/s1. The number of fused-ring (bicyclic) bond motifs is 5. The lowest BCUT2D eigenvalue weighted by molar-refractivity contribution is -0.139. The van der Waals surface area contributed by atoms with Gasteiger partial charge in [-0.1, -0.05) is 110 Å². The van der Waals surface area contributed by atoms with Crippen LogP contribution >= 0.6 is 0 Å². The zero-order valence-electron chi connectivity index (χ0n) is 25.8. The van der Waals surface area contributed by atoms with Crippen LogP contribution in [0.4, 0.5) is 0 Å². The Labute approximate surface area is 257 Å². The van der Waals surface area contributed by atoms with Crippen LogP contribution in [0.25, 0.3) is 0 Å². The summed E-state index contributed by atoms with van der Waals surface area (Å²) in [5.41, 5.74) is 1.99. The van der Waals surface area contributed by atoms with Crippen molar-refractivity contribution in [3.63, 3.8) is 0 Å². The first-order valence-electron chi connectivity index (χ1n) is 16.4. The average Bonchev–Trinajstić information content (AvgIpc) is 3.36. The Bertz CT molecular complexity index is 1440. The van der Waals surface area contributed by atoms with Crippen LogP contribution in [0.1, 0.15) is 65.7 Å². The second-order valence-electron chi connectivity index (χ2n) is 14.1. The third-order valence-electron chi connectivity index (χ3n) is 12.4. The summed E-state index contributed by atoms with van der Waals surface area (Å²) < 4.78 is 7.71. The maximum absolute atomic E-state index is 13.5. The fourth-order valence-electron chi connectivity index (χ4n) is 10.2. The molecule has 43 heavy (non-hydrogen) atoms. The van der Waals surface area contributed by atoms with E-state index in [2.05, 4.69) is 112 Å². The minimum atomic E-state index is -2.90. The van der Waals surface area contributed by atoms with Crippen LogP contribution in [0, 0.1) is 34.5 Å². The normalized spacial score (nSPS) is 33.8. The predicted octanol–water partition coefficient (Wildman–Crippen LogP) is 6.39. The molecule has 0 bridgehead atoms. The van der Waals surface area contributed by atoms with E-state index < -0.39 is 13.7 Å². The van der Waals surface area contributed by atoms with Crippen molar-refractivity contribution < 1.29 is 14.0 Å².